The predicted octanol–water partition coefficient (Wildman–Crippen LogP) is 3.40. The molecule has 0 aromatic heterocycles. The van der Waals surface area contributed by atoms with Crippen LogP contribution >= 0.6 is 0 Å². The van der Waals surface area contributed by atoms with Gasteiger partial charge in [-0.2, -0.15) is 0 Å². The topological polar surface area (TPSA) is 38.7 Å². The van der Waals surface area contributed by atoms with E-state index in [0.717, 1.165) is 12.8 Å². The zero-order valence-electron chi connectivity index (χ0n) is 13.4. The molecule has 3 nitrogen and oxygen atoms in total. The van der Waals surface area contributed by atoms with E-state index in [2.05, 4.69) is 27.7 Å². The van der Waals surface area contributed by atoms with E-state index in [1.807, 2.05) is 0 Å². The van der Waals surface area contributed by atoms with Crippen LogP contribution in [0.15, 0.2) is 0 Å². The van der Waals surface area contributed by atoms with Crippen LogP contribution in [0.4, 0.5) is 0 Å². The zero-order valence-corrected chi connectivity index (χ0v) is 13.4. The molecule has 19 heavy (non-hydrogen) atoms. The SMILES string of the molecule is COCC(CO)(COC1(C)CCCCC1)C(C)(C)C. The maximum absolute atomic E-state index is 9.90. The fourth-order valence-electron chi connectivity index (χ4n) is 2.84. The molecule has 0 aromatic carbocycles. The van der Waals surface area contributed by atoms with Crippen LogP contribution in [0.2, 0.25) is 0 Å². The first-order chi connectivity index (χ1) is 8.79. The zero-order chi connectivity index (χ0) is 14.6. The lowest BCUT2D eigenvalue weighted by molar-refractivity contribution is -0.151. The Labute approximate surface area is 118 Å². The minimum atomic E-state index is -0.331. The van der Waals surface area contributed by atoms with Crippen molar-refractivity contribution in [1.29, 1.82) is 0 Å². The highest BCUT2D eigenvalue weighted by Gasteiger charge is 2.43. The molecule has 0 heterocycles. The second kappa shape index (κ2) is 6.55. The highest BCUT2D eigenvalue weighted by molar-refractivity contribution is 4.91. The second-order valence-electron chi connectivity index (χ2n) is 7.42. The number of aliphatic hydroxyl groups is 1. The van der Waals surface area contributed by atoms with Crippen molar-refractivity contribution >= 4 is 0 Å². The fraction of sp³-hybridized carbons (Fsp3) is 1.00. The highest BCUT2D eigenvalue weighted by atomic mass is 16.5. The third-order valence-electron chi connectivity index (χ3n) is 4.92. The Balaban J connectivity index is 2.72. The van der Waals surface area contributed by atoms with Crippen LogP contribution < -0.4 is 0 Å². The normalized spacial score (nSPS) is 23.1. The van der Waals surface area contributed by atoms with E-state index in [1.165, 1.54) is 19.3 Å². The van der Waals surface area contributed by atoms with Gasteiger partial charge >= 0.3 is 0 Å². The van der Waals surface area contributed by atoms with Crippen molar-refractivity contribution in [1.82, 2.24) is 0 Å². The van der Waals surface area contributed by atoms with Crippen molar-refractivity contribution in [3.8, 4) is 0 Å². The van der Waals surface area contributed by atoms with Crippen LogP contribution in [0.5, 0.6) is 0 Å². The molecule has 114 valence electrons. The first-order valence-corrected chi connectivity index (χ1v) is 7.52. The predicted molar refractivity (Wildman–Crippen MR) is 78.3 cm³/mol. The van der Waals surface area contributed by atoms with Crippen LogP contribution in [0.1, 0.15) is 59.8 Å². The van der Waals surface area contributed by atoms with Gasteiger partial charge in [0.15, 0.2) is 0 Å². The summed E-state index contributed by atoms with van der Waals surface area (Å²) in [5.74, 6) is 0. The van der Waals surface area contributed by atoms with Gasteiger partial charge in [-0.3, -0.25) is 0 Å². The molecule has 0 saturated heterocycles. The molecule has 1 aliphatic rings. The van der Waals surface area contributed by atoms with Gasteiger partial charge in [0.05, 0.1) is 25.4 Å². The van der Waals surface area contributed by atoms with Crippen molar-refractivity contribution in [3.05, 3.63) is 0 Å². The molecule has 1 unspecified atom stereocenters. The summed E-state index contributed by atoms with van der Waals surface area (Å²) in [6.45, 7) is 9.85. The first kappa shape index (κ1) is 16.9. The van der Waals surface area contributed by atoms with Gasteiger partial charge in [0.1, 0.15) is 0 Å². The van der Waals surface area contributed by atoms with Gasteiger partial charge in [0, 0.05) is 12.5 Å². The van der Waals surface area contributed by atoms with Gasteiger partial charge in [-0.15, -0.1) is 0 Å². The Morgan fingerprint density at radius 3 is 2.05 bits per heavy atom. The lowest BCUT2D eigenvalue weighted by atomic mass is 9.67. The highest BCUT2D eigenvalue weighted by Crippen LogP contribution is 2.41. The molecular formula is C16H32O3. The van der Waals surface area contributed by atoms with Gasteiger partial charge in [0.25, 0.3) is 0 Å². The summed E-state index contributed by atoms with van der Waals surface area (Å²) in [7, 11) is 1.69. The lowest BCUT2D eigenvalue weighted by Gasteiger charge is -2.45. The molecular weight excluding hydrogens is 240 g/mol. The maximum atomic E-state index is 9.90. The molecule has 0 amide bonds. The molecule has 1 aliphatic carbocycles. The van der Waals surface area contributed by atoms with E-state index in [4.69, 9.17) is 9.47 Å². The van der Waals surface area contributed by atoms with Crippen LogP contribution in [-0.4, -0.2) is 37.6 Å². The number of rotatable bonds is 6. The Bertz CT molecular complexity index is 264. The molecule has 1 saturated carbocycles. The number of ether oxygens (including phenoxy) is 2. The Morgan fingerprint density at radius 2 is 1.63 bits per heavy atom. The molecule has 1 N–H and O–H groups in total. The van der Waals surface area contributed by atoms with Gasteiger partial charge in [0.2, 0.25) is 0 Å². The summed E-state index contributed by atoms with van der Waals surface area (Å²) < 4.78 is 11.6. The molecule has 0 aromatic rings. The average molecular weight is 272 g/mol. The van der Waals surface area contributed by atoms with Crippen LogP contribution in [0, 0.1) is 10.8 Å². The molecule has 1 fully saturated rings. The smallest absolute Gasteiger partial charge is 0.0654 e. The quantitative estimate of drug-likeness (QED) is 0.805. The molecule has 3 heteroatoms. The van der Waals surface area contributed by atoms with Gasteiger partial charge in [-0.05, 0) is 25.2 Å². The van der Waals surface area contributed by atoms with Crippen molar-refractivity contribution < 1.29 is 14.6 Å². The van der Waals surface area contributed by atoms with Crippen LogP contribution in [0.25, 0.3) is 0 Å². The average Bonchev–Trinajstić information content (AvgIpc) is 2.34. The summed E-state index contributed by atoms with van der Waals surface area (Å²) in [5.41, 5.74) is -0.400. The third-order valence-corrected chi connectivity index (χ3v) is 4.92. The Hall–Kier alpha value is -0.120. The first-order valence-electron chi connectivity index (χ1n) is 7.52. The number of hydrogen-bond acceptors (Lipinski definition) is 3. The molecule has 0 spiro atoms. The summed E-state index contributed by atoms with van der Waals surface area (Å²) >= 11 is 0. The Kier molecular flexibility index (Phi) is 5.84. The molecule has 1 rings (SSSR count). The third kappa shape index (κ3) is 4.17. The van der Waals surface area contributed by atoms with Crippen LogP contribution in [-0.2, 0) is 9.47 Å². The van der Waals surface area contributed by atoms with Gasteiger partial charge in [-0.1, -0.05) is 40.0 Å². The van der Waals surface area contributed by atoms with Gasteiger partial charge < -0.3 is 14.6 Å². The summed E-state index contributed by atoms with van der Waals surface area (Å²) in [6.07, 6.45) is 6.09. The molecule has 1 atom stereocenters. The monoisotopic (exact) mass is 272 g/mol. The van der Waals surface area contributed by atoms with E-state index in [0.29, 0.717) is 13.2 Å². The standard InChI is InChI=1S/C16H32O3/c1-14(2,3)16(11-17,12-18-5)13-19-15(4)9-7-6-8-10-15/h17H,6-13H2,1-5H3. The fourth-order valence-corrected chi connectivity index (χ4v) is 2.84. The van der Waals surface area contributed by atoms with Crippen molar-refractivity contribution in [2.45, 2.75) is 65.4 Å². The minimum absolute atomic E-state index is 0.0162. The van der Waals surface area contributed by atoms with E-state index < -0.39 is 0 Å². The maximum Gasteiger partial charge on any atom is 0.0654 e. The number of aliphatic hydroxyl groups excluding tert-OH is 1. The van der Waals surface area contributed by atoms with Crippen molar-refractivity contribution in [3.63, 3.8) is 0 Å². The minimum Gasteiger partial charge on any atom is -0.396 e. The van der Waals surface area contributed by atoms with Crippen molar-refractivity contribution in [2.24, 2.45) is 10.8 Å². The second-order valence-corrected chi connectivity index (χ2v) is 7.42. The summed E-state index contributed by atoms with van der Waals surface area (Å²) in [6, 6.07) is 0. The lowest BCUT2D eigenvalue weighted by Crippen LogP contribution is -2.49. The molecule has 0 aliphatic heterocycles. The Morgan fingerprint density at radius 1 is 1.05 bits per heavy atom. The molecule has 0 radical (unpaired) electrons. The van der Waals surface area contributed by atoms with E-state index in [-0.39, 0.29) is 23.0 Å². The summed E-state index contributed by atoms with van der Waals surface area (Å²) in [4.78, 5) is 0. The van der Waals surface area contributed by atoms with E-state index >= 15 is 0 Å². The molecule has 0 bridgehead atoms. The van der Waals surface area contributed by atoms with E-state index in [9.17, 15) is 5.11 Å². The number of hydrogen-bond donors (Lipinski definition) is 1. The van der Waals surface area contributed by atoms with Crippen LogP contribution in [0.3, 0.4) is 0 Å². The summed E-state index contributed by atoms with van der Waals surface area (Å²) in [5, 5.41) is 9.90. The van der Waals surface area contributed by atoms with E-state index in [1.54, 1.807) is 7.11 Å². The van der Waals surface area contributed by atoms with Crippen molar-refractivity contribution in [2.75, 3.05) is 26.9 Å². The van der Waals surface area contributed by atoms with Gasteiger partial charge in [-0.25, -0.2) is 0 Å². The largest absolute Gasteiger partial charge is 0.396 e. The number of methoxy groups -OCH3 is 1.